The number of benzene rings is 10. The molecule has 0 amide bonds. The lowest BCUT2D eigenvalue weighted by molar-refractivity contribution is 0.222. The topological polar surface area (TPSA) is 36.9 Å². The molecule has 6 aliphatic rings. The van der Waals surface area contributed by atoms with E-state index in [1.807, 2.05) is 94.5 Å². The van der Waals surface area contributed by atoms with Crippen molar-refractivity contribution in [2.24, 2.45) is 0 Å². The van der Waals surface area contributed by atoms with Crippen LogP contribution in [0.2, 0.25) is 0 Å². The number of hydrogen-bond acceptors (Lipinski definition) is 4. The minimum Gasteiger partial charge on any atom is -0.493 e. The molecule has 0 saturated carbocycles. The van der Waals surface area contributed by atoms with Crippen molar-refractivity contribution in [3.05, 3.63) is 239 Å². The molecule has 8 heteroatoms. The van der Waals surface area contributed by atoms with Crippen molar-refractivity contribution in [3.63, 3.8) is 0 Å². The van der Waals surface area contributed by atoms with Crippen LogP contribution < -0.4 is 18.9 Å². The molecule has 4 unspecified atom stereocenters. The van der Waals surface area contributed by atoms with E-state index in [9.17, 15) is 0 Å². The molecule has 0 saturated heterocycles. The summed E-state index contributed by atoms with van der Waals surface area (Å²) in [5, 5.41) is 9.61. The Morgan fingerprint density at radius 2 is 0.769 bits per heavy atom. The molecule has 4 aliphatic heterocycles. The average molecular weight is 1000 g/mol. The minimum atomic E-state index is -0.755. The van der Waals surface area contributed by atoms with Crippen LogP contribution in [0.25, 0.3) is 89.6 Å². The molecule has 10 aromatic rings. The van der Waals surface area contributed by atoms with Crippen LogP contribution in [0.5, 0.6) is 23.0 Å². The fourth-order valence-electron chi connectivity index (χ4n) is 11.8. The summed E-state index contributed by atoms with van der Waals surface area (Å²) in [5.74, 6) is 3.60. The lowest BCUT2D eigenvalue weighted by Gasteiger charge is -2.31. The van der Waals surface area contributed by atoms with Crippen molar-refractivity contribution in [1.29, 1.82) is 0 Å². The third-order valence-corrected chi connectivity index (χ3v) is 15.4. The van der Waals surface area contributed by atoms with E-state index in [0.717, 1.165) is 63.3 Å². The van der Waals surface area contributed by atoms with Crippen LogP contribution >= 0.6 is 0 Å². The summed E-state index contributed by atoms with van der Waals surface area (Å²) in [7, 11) is 24.3. The van der Waals surface area contributed by atoms with E-state index in [1.54, 1.807) is 0 Å². The molecule has 0 spiro atoms. The summed E-state index contributed by atoms with van der Waals surface area (Å²) < 4.78 is 23.9. The fourth-order valence-corrected chi connectivity index (χ4v) is 11.8. The van der Waals surface area contributed by atoms with Crippen LogP contribution in [0.4, 0.5) is 0 Å². The summed E-state index contributed by atoms with van der Waals surface area (Å²) in [5.41, 5.74) is 12.3. The zero-order valence-electron chi connectivity index (χ0n) is 44.1. The molecule has 368 valence electrons. The van der Waals surface area contributed by atoms with Crippen LogP contribution in [0.1, 0.15) is 72.2 Å². The van der Waals surface area contributed by atoms with Gasteiger partial charge in [-0.15, -0.1) is 0 Å². The molecule has 4 nitrogen and oxygen atoms in total. The molecule has 16 rings (SSSR count). The molecular formula is C70H52B4O4. The van der Waals surface area contributed by atoms with Gasteiger partial charge in [-0.25, -0.2) is 0 Å². The van der Waals surface area contributed by atoms with Crippen molar-refractivity contribution in [2.75, 3.05) is 0 Å². The summed E-state index contributed by atoms with van der Waals surface area (Å²) >= 11 is 0. The smallest absolute Gasteiger partial charge is 0.137 e. The van der Waals surface area contributed by atoms with Crippen LogP contribution in [0.3, 0.4) is 0 Å². The first-order valence-corrected chi connectivity index (χ1v) is 26.6. The van der Waals surface area contributed by atoms with Crippen LogP contribution in [-0.4, -0.2) is 53.4 Å². The van der Waals surface area contributed by atoms with Crippen molar-refractivity contribution in [2.45, 2.75) is 62.5 Å². The summed E-state index contributed by atoms with van der Waals surface area (Å²) in [6.45, 7) is 7.50. The van der Waals surface area contributed by atoms with Gasteiger partial charge < -0.3 is 18.9 Å². The minimum absolute atomic E-state index is 0.699. The standard InChI is InChI=1S/2C21H15BO.2C14H11BO/c1-21(22)11-10-17-18-12-13-6-2-3-7-14(13)19(18)15-8-4-5-9-16(15)20(17)23-21;1-21(22)11-10-17-15-8-4-5-9-16(15)19-14-7-3-2-6-13(14)12-18(19)20(17)23-21;1-14(15)9-8-11-7-6-10-4-2-3-5-12(10)13(11)16-14;1-14(15)9-8-12-11-5-3-2-4-10(11)6-7-13(12)16-14/h2*2-11H,12H2,1H3;2*2-9H,1H3. The first-order valence-electron chi connectivity index (χ1n) is 26.6. The van der Waals surface area contributed by atoms with Gasteiger partial charge in [0.25, 0.3) is 0 Å². The largest absolute Gasteiger partial charge is 0.493 e. The SMILES string of the molecule is [B]C1(C)C=Cc2c(c3c(c4ccccc24)-c2ccccc2C3)O1.[B]C1(C)C=Cc2c(ccc3ccccc23)O1.[B]C1(C)C=Cc2c3c(c4ccccc4c2O1)-c1ccccc1C3.[B]C1(C)C=Cc2ccc3ccccc3c2O1. The Hall–Kier alpha value is -8.34. The maximum Gasteiger partial charge on any atom is 0.137 e. The van der Waals surface area contributed by atoms with Gasteiger partial charge in [-0.1, -0.05) is 212 Å². The van der Waals surface area contributed by atoms with Gasteiger partial charge in [0.15, 0.2) is 0 Å². The summed E-state index contributed by atoms with van der Waals surface area (Å²) in [6.07, 6.45) is 17.8. The first kappa shape index (κ1) is 49.2. The molecule has 2 aliphatic carbocycles. The van der Waals surface area contributed by atoms with Gasteiger partial charge in [0, 0.05) is 45.0 Å². The highest BCUT2D eigenvalue weighted by Crippen LogP contribution is 2.52. The fraction of sp³-hybridized carbons (Fsp3) is 0.143. The highest BCUT2D eigenvalue weighted by atomic mass is 16.5. The molecule has 4 atom stereocenters. The van der Waals surface area contributed by atoms with E-state index in [1.165, 1.54) is 82.4 Å². The second-order valence-corrected chi connectivity index (χ2v) is 21.8. The molecule has 78 heavy (non-hydrogen) atoms. The Balaban J connectivity index is 0.000000100. The molecule has 0 N–H and O–H groups in total. The second-order valence-electron chi connectivity index (χ2n) is 21.8. The van der Waals surface area contributed by atoms with Gasteiger partial charge >= 0.3 is 0 Å². The molecule has 8 radical (unpaired) electrons. The lowest BCUT2D eigenvalue weighted by Crippen LogP contribution is -2.32. The summed E-state index contributed by atoms with van der Waals surface area (Å²) in [6, 6.07) is 59.0. The van der Waals surface area contributed by atoms with Gasteiger partial charge in [-0.3, -0.25) is 0 Å². The van der Waals surface area contributed by atoms with Gasteiger partial charge in [0.1, 0.15) is 54.4 Å². The van der Waals surface area contributed by atoms with E-state index < -0.39 is 22.0 Å². The van der Waals surface area contributed by atoms with Crippen LogP contribution in [0.15, 0.2) is 194 Å². The zero-order chi connectivity index (χ0) is 53.6. The Kier molecular flexibility index (Phi) is 11.8. The van der Waals surface area contributed by atoms with Gasteiger partial charge in [-0.05, 0) is 111 Å². The first-order chi connectivity index (χ1) is 37.6. The number of rotatable bonds is 0. The van der Waals surface area contributed by atoms with E-state index in [4.69, 9.17) is 50.3 Å². The van der Waals surface area contributed by atoms with E-state index in [0.29, 0.717) is 0 Å². The highest BCUT2D eigenvalue weighted by Gasteiger charge is 2.33. The van der Waals surface area contributed by atoms with Crippen molar-refractivity contribution in [1.82, 2.24) is 0 Å². The maximum atomic E-state index is 6.23. The Morgan fingerprint density at radius 1 is 0.333 bits per heavy atom. The van der Waals surface area contributed by atoms with E-state index in [2.05, 4.69) is 152 Å². The number of hydrogen-bond donors (Lipinski definition) is 0. The maximum absolute atomic E-state index is 6.23. The number of fused-ring (bicyclic) bond motifs is 22. The third kappa shape index (κ3) is 8.91. The third-order valence-electron chi connectivity index (χ3n) is 15.4. The second kappa shape index (κ2) is 18.7. The van der Waals surface area contributed by atoms with Crippen molar-refractivity contribution in [3.8, 4) is 45.3 Å². The van der Waals surface area contributed by atoms with Gasteiger partial charge in [-0.2, -0.15) is 0 Å². The lowest BCUT2D eigenvalue weighted by atomic mass is 9.80. The zero-order valence-corrected chi connectivity index (χ0v) is 44.1. The quantitative estimate of drug-likeness (QED) is 0.142. The van der Waals surface area contributed by atoms with Crippen LogP contribution in [0, 0.1) is 0 Å². The van der Waals surface area contributed by atoms with Crippen molar-refractivity contribution < 1.29 is 18.9 Å². The number of ether oxygens (including phenoxy) is 4. The summed E-state index contributed by atoms with van der Waals surface area (Å²) in [4.78, 5) is 0. The molecule has 4 heterocycles. The monoisotopic (exact) mass is 1000 g/mol. The van der Waals surface area contributed by atoms with Crippen LogP contribution in [-0.2, 0) is 12.8 Å². The normalized spacial score (nSPS) is 21.6. The van der Waals surface area contributed by atoms with E-state index >= 15 is 0 Å². The Morgan fingerprint density at radius 3 is 1.44 bits per heavy atom. The predicted molar refractivity (Wildman–Crippen MR) is 328 cm³/mol. The van der Waals surface area contributed by atoms with Gasteiger partial charge in [0.05, 0.1) is 22.0 Å². The molecule has 0 bridgehead atoms. The molecule has 10 aromatic carbocycles. The van der Waals surface area contributed by atoms with Gasteiger partial charge in [0.2, 0.25) is 0 Å². The molecular weight excluding hydrogens is 948 g/mol. The van der Waals surface area contributed by atoms with Crippen molar-refractivity contribution >= 4 is 98.8 Å². The van der Waals surface area contributed by atoms with E-state index in [-0.39, 0.29) is 0 Å². The highest BCUT2D eigenvalue weighted by molar-refractivity contribution is 6.19. The Bertz CT molecular complexity index is 4240. The molecule has 0 fully saturated rings. The molecule has 0 aromatic heterocycles. The Labute approximate surface area is 461 Å². The predicted octanol–water partition coefficient (Wildman–Crippen LogP) is 15.7. The average Bonchev–Trinajstić information content (AvgIpc) is 4.24.